The molecule has 1 fully saturated rings. The number of rotatable bonds is 9. The number of furan rings is 1. The molecule has 1 unspecified atom stereocenters. The quantitative estimate of drug-likeness (QED) is 0.237. The fourth-order valence-corrected chi connectivity index (χ4v) is 5.87. The van der Waals surface area contributed by atoms with Crippen molar-refractivity contribution in [3.05, 3.63) is 111 Å². The van der Waals surface area contributed by atoms with Gasteiger partial charge in [-0.15, -0.1) is 5.10 Å². The van der Waals surface area contributed by atoms with Gasteiger partial charge in [0.05, 0.1) is 18.8 Å². The predicted octanol–water partition coefficient (Wildman–Crippen LogP) is 6.23. The van der Waals surface area contributed by atoms with E-state index in [4.69, 9.17) is 16.0 Å². The summed E-state index contributed by atoms with van der Waals surface area (Å²) < 4.78 is 7.71. The molecule has 2 aromatic carbocycles. The number of tetrazole rings is 1. The van der Waals surface area contributed by atoms with Crippen molar-refractivity contribution in [2.24, 2.45) is 0 Å². The largest absolute Gasteiger partial charge is 0.468 e. The van der Waals surface area contributed by atoms with Crippen molar-refractivity contribution >= 4 is 22.5 Å². The average Bonchev–Trinajstić information content (AvgIpc) is 3.73. The number of pyridine rings is 1. The molecule has 0 radical (unpaired) electrons. The zero-order valence-corrected chi connectivity index (χ0v) is 22.6. The molecule has 200 valence electrons. The standard InChI is InChI=1S/C30H31ClN6O2/c1-2-20-13-14-27-22(16-20)17-25(30(38)32-27)28(29-33-34-35-37(29)23-9-4-5-10-23)36(19-24-11-7-15-39-24)18-21-8-3-6-12-26(21)31/h3,6-8,11-17,23,28H,2,4-5,9-10,18-19H2,1H3,(H,32,38). The van der Waals surface area contributed by atoms with E-state index >= 15 is 0 Å². The Morgan fingerprint density at radius 3 is 2.72 bits per heavy atom. The fourth-order valence-electron chi connectivity index (χ4n) is 5.67. The summed E-state index contributed by atoms with van der Waals surface area (Å²) in [5.74, 6) is 1.43. The maximum absolute atomic E-state index is 13.8. The van der Waals surface area contributed by atoms with Crippen molar-refractivity contribution in [2.45, 2.75) is 64.2 Å². The van der Waals surface area contributed by atoms with E-state index < -0.39 is 6.04 Å². The Morgan fingerprint density at radius 2 is 1.95 bits per heavy atom. The molecule has 5 aromatic rings. The number of hydrogen-bond donors (Lipinski definition) is 1. The summed E-state index contributed by atoms with van der Waals surface area (Å²) in [4.78, 5) is 19.1. The molecule has 1 aliphatic rings. The molecule has 1 aliphatic carbocycles. The maximum atomic E-state index is 13.8. The summed E-state index contributed by atoms with van der Waals surface area (Å²) in [6, 6.07) is 19.4. The summed E-state index contributed by atoms with van der Waals surface area (Å²) in [6.45, 7) is 3.03. The molecule has 0 saturated heterocycles. The monoisotopic (exact) mass is 542 g/mol. The molecule has 1 atom stereocenters. The van der Waals surface area contributed by atoms with E-state index in [0.29, 0.717) is 29.5 Å². The van der Waals surface area contributed by atoms with Gasteiger partial charge in [0.2, 0.25) is 0 Å². The van der Waals surface area contributed by atoms with Crippen LogP contribution in [0.2, 0.25) is 5.02 Å². The number of aromatic nitrogens is 5. The summed E-state index contributed by atoms with van der Waals surface area (Å²) in [7, 11) is 0. The zero-order valence-electron chi connectivity index (χ0n) is 21.9. The third-order valence-electron chi connectivity index (χ3n) is 7.71. The van der Waals surface area contributed by atoms with E-state index in [1.165, 1.54) is 5.56 Å². The van der Waals surface area contributed by atoms with Crippen molar-refractivity contribution in [3.8, 4) is 0 Å². The molecule has 3 heterocycles. The summed E-state index contributed by atoms with van der Waals surface area (Å²) in [5, 5.41) is 14.7. The number of H-pyrrole nitrogens is 1. The number of aromatic amines is 1. The van der Waals surface area contributed by atoms with Crippen molar-refractivity contribution < 1.29 is 4.42 Å². The molecule has 0 bridgehead atoms. The van der Waals surface area contributed by atoms with Gasteiger partial charge in [-0.3, -0.25) is 9.69 Å². The van der Waals surface area contributed by atoms with Gasteiger partial charge in [-0.2, -0.15) is 0 Å². The molecule has 1 saturated carbocycles. The number of hydrogen-bond acceptors (Lipinski definition) is 6. The van der Waals surface area contributed by atoms with Gasteiger partial charge in [-0.25, -0.2) is 4.68 Å². The van der Waals surface area contributed by atoms with Gasteiger partial charge >= 0.3 is 0 Å². The Balaban J connectivity index is 1.55. The lowest BCUT2D eigenvalue weighted by atomic mass is 10.0. The first kappa shape index (κ1) is 25.5. The van der Waals surface area contributed by atoms with Crippen molar-refractivity contribution in [2.75, 3.05) is 0 Å². The lowest BCUT2D eigenvalue weighted by Gasteiger charge is -2.31. The van der Waals surface area contributed by atoms with Crippen molar-refractivity contribution in [3.63, 3.8) is 0 Å². The van der Waals surface area contributed by atoms with Crippen LogP contribution in [0.1, 0.15) is 73.0 Å². The highest BCUT2D eigenvalue weighted by Gasteiger charge is 2.34. The van der Waals surface area contributed by atoms with Gasteiger partial charge in [0.25, 0.3) is 5.56 Å². The van der Waals surface area contributed by atoms with E-state index in [-0.39, 0.29) is 11.6 Å². The van der Waals surface area contributed by atoms with Gasteiger partial charge in [0.1, 0.15) is 11.8 Å². The first-order chi connectivity index (χ1) is 19.1. The number of fused-ring (bicyclic) bond motifs is 1. The summed E-state index contributed by atoms with van der Waals surface area (Å²) in [6.07, 6.45) is 6.88. The summed E-state index contributed by atoms with van der Waals surface area (Å²) >= 11 is 6.64. The molecule has 3 aromatic heterocycles. The lowest BCUT2D eigenvalue weighted by Crippen LogP contribution is -2.35. The van der Waals surface area contributed by atoms with Crippen LogP contribution in [-0.2, 0) is 19.5 Å². The van der Waals surface area contributed by atoms with Crippen LogP contribution in [0.5, 0.6) is 0 Å². The van der Waals surface area contributed by atoms with Gasteiger partial charge in [-0.05, 0) is 82.6 Å². The molecule has 8 nitrogen and oxygen atoms in total. The second kappa shape index (κ2) is 11.2. The highest BCUT2D eigenvalue weighted by molar-refractivity contribution is 6.31. The van der Waals surface area contributed by atoms with Gasteiger partial charge in [0, 0.05) is 22.6 Å². The lowest BCUT2D eigenvalue weighted by molar-refractivity contribution is 0.176. The van der Waals surface area contributed by atoms with Gasteiger partial charge in [-0.1, -0.05) is 55.6 Å². The average molecular weight is 543 g/mol. The number of nitrogens with one attached hydrogen (secondary N) is 1. The number of nitrogens with zero attached hydrogens (tertiary/aromatic N) is 5. The minimum Gasteiger partial charge on any atom is -0.468 e. The van der Waals surface area contributed by atoms with E-state index in [9.17, 15) is 4.79 Å². The van der Waals surface area contributed by atoms with Gasteiger partial charge in [0.15, 0.2) is 5.82 Å². The second-order valence-electron chi connectivity index (χ2n) is 10.2. The molecule has 9 heteroatoms. The molecular weight excluding hydrogens is 512 g/mol. The van der Waals surface area contributed by atoms with E-state index in [2.05, 4.69) is 44.5 Å². The van der Waals surface area contributed by atoms with E-state index in [0.717, 1.165) is 54.3 Å². The first-order valence-corrected chi connectivity index (χ1v) is 13.9. The maximum Gasteiger partial charge on any atom is 0.253 e. The minimum atomic E-state index is -0.541. The molecule has 1 N–H and O–H groups in total. The van der Waals surface area contributed by atoms with Crippen LogP contribution < -0.4 is 5.56 Å². The number of halogens is 1. The third-order valence-corrected chi connectivity index (χ3v) is 8.08. The second-order valence-corrected chi connectivity index (χ2v) is 10.6. The van der Waals surface area contributed by atoms with Crippen molar-refractivity contribution in [1.82, 2.24) is 30.1 Å². The Hall–Kier alpha value is -3.75. The van der Waals surface area contributed by atoms with Gasteiger partial charge < -0.3 is 9.40 Å². The summed E-state index contributed by atoms with van der Waals surface area (Å²) in [5.41, 5.74) is 3.38. The highest BCUT2D eigenvalue weighted by atomic mass is 35.5. The van der Waals surface area contributed by atoms with Crippen LogP contribution in [-0.4, -0.2) is 30.1 Å². The number of aryl methyl sites for hydroxylation is 1. The fraction of sp³-hybridized carbons (Fsp3) is 0.333. The number of benzene rings is 2. The molecule has 6 rings (SSSR count). The van der Waals surface area contributed by atoms with Crippen LogP contribution >= 0.6 is 11.6 Å². The Labute approximate surface area is 231 Å². The minimum absolute atomic E-state index is 0.165. The molecule has 39 heavy (non-hydrogen) atoms. The zero-order chi connectivity index (χ0) is 26.8. The van der Waals surface area contributed by atoms with Crippen LogP contribution in [0.3, 0.4) is 0 Å². The SMILES string of the molecule is CCc1ccc2[nH]c(=O)c(C(c3nnnn3C3CCCC3)N(Cc3ccco3)Cc3ccccc3Cl)cc2c1. The smallest absolute Gasteiger partial charge is 0.253 e. The Kier molecular flexibility index (Phi) is 7.30. The van der Waals surface area contributed by atoms with Crippen molar-refractivity contribution in [1.29, 1.82) is 0 Å². The Bertz CT molecular complexity index is 1620. The van der Waals surface area contributed by atoms with Crippen LogP contribution in [0.15, 0.2) is 76.1 Å². The predicted molar refractivity (Wildman–Crippen MR) is 151 cm³/mol. The molecule has 0 aliphatic heterocycles. The third kappa shape index (κ3) is 5.27. The highest BCUT2D eigenvalue weighted by Crippen LogP contribution is 2.35. The normalized spacial score (nSPS) is 14.9. The molecule has 0 spiro atoms. The van der Waals surface area contributed by atoms with Crippen LogP contribution in [0.25, 0.3) is 10.9 Å². The first-order valence-electron chi connectivity index (χ1n) is 13.5. The topological polar surface area (TPSA) is 92.8 Å². The molecular formula is C30H31ClN6O2. The van der Waals surface area contributed by atoms with Crippen LogP contribution in [0, 0.1) is 0 Å². The van der Waals surface area contributed by atoms with Crippen LogP contribution in [0.4, 0.5) is 0 Å². The molecule has 0 amide bonds. The Morgan fingerprint density at radius 1 is 1.10 bits per heavy atom. The van der Waals surface area contributed by atoms with E-state index in [1.54, 1.807) is 6.26 Å². The van der Waals surface area contributed by atoms with E-state index in [1.807, 2.05) is 53.2 Å².